The van der Waals surface area contributed by atoms with E-state index in [4.69, 9.17) is 9.47 Å². The van der Waals surface area contributed by atoms with Gasteiger partial charge >= 0.3 is 0 Å². The molecule has 0 radical (unpaired) electrons. The van der Waals surface area contributed by atoms with Crippen LogP contribution in [0.15, 0.2) is 53.4 Å². The molecule has 0 bridgehead atoms. The zero-order chi connectivity index (χ0) is 26.2. The third-order valence-electron chi connectivity index (χ3n) is 7.07. The van der Waals surface area contributed by atoms with E-state index in [2.05, 4.69) is 12.2 Å². The fourth-order valence-electron chi connectivity index (χ4n) is 4.93. The van der Waals surface area contributed by atoms with Gasteiger partial charge in [0.25, 0.3) is 5.91 Å². The summed E-state index contributed by atoms with van der Waals surface area (Å²) < 4.78 is 11.0. The van der Waals surface area contributed by atoms with Crippen LogP contribution in [-0.2, 0) is 9.59 Å². The third-order valence-corrected chi connectivity index (χ3v) is 8.47. The summed E-state index contributed by atoms with van der Waals surface area (Å²) in [6.07, 6.45) is 8.32. The first-order valence-electron chi connectivity index (χ1n) is 13.3. The average molecular weight is 523 g/mol. The van der Waals surface area contributed by atoms with Gasteiger partial charge in [0.15, 0.2) is 0 Å². The zero-order valence-electron chi connectivity index (χ0n) is 22.1. The Morgan fingerprint density at radius 1 is 1.11 bits per heavy atom. The molecule has 7 heteroatoms. The van der Waals surface area contributed by atoms with Crippen molar-refractivity contribution in [3.63, 3.8) is 0 Å². The molecule has 2 aromatic rings. The highest BCUT2D eigenvalue weighted by molar-refractivity contribution is 8.04. The molecule has 2 fully saturated rings. The van der Waals surface area contributed by atoms with Gasteiger partial charge < -0.3 is 19.7 Å². The monoisotopic (exact) mass is 522 g/mol. The smallest absolute Gasteiger partial charge is 0.261 e. The van der Waals surface area contributed by atoms with Gasteiger partial charge in [0.05, 0.1) is 24.7 Å². The fourth-order valence-corrected chi connectivity index (χ4v) is 6.40. The quantitative estimate of drug-likeness (QED) is 0.307. The molecule has 0 spiro atoms. The molecule has 2 aliphatic rings. The molecule has 1 saturated carbocycles. The molecule has 6 nitrogen and oxygen atoms in total. The number of hydrogen-bond donors (Lipinski definition) is 1. The number of thioether (sulfide) groups is 1. The number of rotatable bonds is 10. The van der Waals surface area contributed by atoms with E-state index in [1.165, 1.54) is 0 Å². The molecule has 0 aromatic heterocycles. The highest BCUT2D eigenvalue weighted by Gasteiger charge is 2.41. The molecule has 1 aliphatic carbocycles. The summed E-state index contributed by atoms with van der Waals surface area (Å²) in [6, 6.07) is 15.5. The molecule has 4 rings (SSSR count). The first kappa shape index (κ1) is 27.1. The number of nitrogens with zero attached hydrogens (tertiary/aromatic N) is 1. The van der Waals surface area contributed by atoms with Gasteiger partial charge in [0.2, 0.25) is 5.91 Å². The number of nitrogens with one attached hydrogen (secondary N) is 1. The van der Waals surface area contributed by atoms with Gasteiger partial charge in [-0.2, -0.15) is 0 Å². The lowest BCUT2D eigenvalue weighted by atomic mass is 9.93. The molecule has 198 valence electrons. The molecule has 2 aromatic carbocycles. The summed E-state index contributed by atoms with van der Waals surface area (Å²) >= 11 is 1.67. The van der Waals surface area contributed by atoms with E-state index < -0.39 is 0 Å². The Bertz CT molecular complexity index is 1080. The Kier molecular flexibility index (Phi) is 9.56. The first-order valence-corrected chi connectivity index (χ1v) is 14.2. The number of carbonyl (C=O) groups is 2. The van der Waals surface area contributed by atoms with Crippen LogP contribution < -0.4 is 14.8 Å². The second-order valence-corrected chi connectivity index (χ2v) is 11.1. The van der Waals surface area contributed by atoms with Gasteiger partial charge in [-0.15, -0.1) is 11.8 Å². The molecule has 3 unspecified atom stereocenters. The summed E-state index contributed by atoms with van der Waals surface area (Å²) in [6.45, 7) is 4.89. The predicted molar refractivity (Wildman–Crippen MR) is 150 cm³/mol. The molecule has 2 amide bonds. The van der Waals surface area contributed by atoms with Crippen molar-refractivity contribution in [3.8, 4) is 11.5 Å². The Balaban J connectivity index is 1.42. The van der Waals surface area contributed by atoms with E-state index >= 15 is 0 Å². The van der Waals surface area contributed by atoms with E-state index in [1.54, 1.807) is 18.9 Å². The van der Waals surface area contributed by atoms with Gasteiger partial charge in [-0.25, -0.2) is 0 Å². The lowest BCUT2D eigenvalue weighted by Crippen LogP contribution is -2.54. The van der Waals surface area contributed by atoms with Crippen LogP contribution in [0.25, 0.3) is 6.08 Å². The van der Waals surface area contributed by atoms with Crippen molar-refractivity contribution in [2.24, 2.45) is 0 Å². The molecule has 1 aliphatic heterocycles. The molecular weight excluding hydrogens is 484 g/mol. The second kappa shape index (κ2) is 13.0. The van der Waals surface area contributed by atoms with Crippen LogP contribution in [-0.4, -0.2) is 48.3 Å². The lowest BCUT2D eigenvalue weighted by Gasteiger charge is -2.44. The lowest BCUT2D eigenvalue weighted by molar-refractivity contribution is -0.135. The van der Waals surface area contributed by atoms with Crippen LogP contribution in [0.1, 0.15) is 69.5 Å². The van der Waals surface area contributed by atoms with Crippen LogP contribution >= 0.6 is 11.8 Å². The number of hydrogen-bond acceptors (Lipinski definition) is 5. The molecule has 37 heavy (non-hydrogen) atoms. The minimum absolute atomic E-state index is 0.0552. The number of ether oxygens (including phenoxy) is 2. The van der Waals surface area contributed by atoms with Crippen molar-refractivity contribution < 1.29 is 19.1 Å². The highest BCUT2D eigenvalue weighted by atomic mass is 32.2. The van der Waals surface area contributed by atoms with Crippen molar-refractivity contribution in [1.82, 2.24) is 10.2 Å². The van der Waals surface area contributed by atoms with Crippen LogP contribution in [0.2, 0.25) is 0 Å². The molecule has 1 saturated heterocycles. The average Bonchev–Trinajstić information content (AvgIpc) is 2.92. The molecule has 1 N–H and O–H groups in total. The summed E-state index contributed by atoms with van der Waals surface area (Å²) in [5.74, 6) is 1.43. The standard InChI is InChI=1S/C30H38N2O4S/c1-4-5-18-36-25-16-12-23(13-17-25)21(2)31-29(33)20-32-26-8-6-7-9-27(26)37-28(30(32)34)19-22-10-14-24(35-3)15-11-22/h10-17,19,21,26-27H,4-9,18,20H2,1-3H3,(H,31,33)/b28-19-. The predicted octanol–water partition coefficient (Wildman–Crippen LogP) is 5.98. The molecule has 1 heterocycles. The maximum atomic E-state index is 13.6. The summed E-state index contributed by atoms with van der Waals surface area (Å²) in [5, 5.41) is 3.42. The first-order chi connectivity index (χ1) is 18.0. The van der Waals surface area contributed by atoms with Gasteiger partial charge in [-0.1, -0.05) is 50.5 Å². The van der Waals surface area contributed by atoms with E-state index in [0.29, 0.717) is 16.8 Å². The molecular formula is C30H38N2O4S. The summed E-state index contributed by atoms with van der Waals surface area (Å²) in [7, 11) is 1.64. The normalized spacial score (nSPS) is 21.3. The van der Waals surface area contributed by atoms with Crippen molar-refractivity contribution in [3.05, 3.63) is 64.6 Å². The summed E-state index contributed by atoms with van der Waals surface area (Å²) in [5.41, 5.74) is 1.96. The van der Waals surface area contributed by atoms with Gasteiger partial charge in [0.1, 0.15) is 18.0 Å². The second-order valence-electron chi connectivity index (χ2n) is 9.78. The maximum Gasteiger partial charge on any atom is 0.261 e. The zero-order valence-corrected chi connectivity index (χ0v) is 22.9. The number of carbonyl (C=O) groups excluding carboxylic acids is 2. The highest BCUT2D eigenvalue weighted by Crippen LogP contribution is 2.42. The van der Waals surface area contributed by atoms with Crippen LogP contribution in [0.3, 0.4) is 0 Å². The largest absolute Gasteiger partial charge is 0.497 e. The van der Waals surface area contributed by atoms with Gasteiger partial charge in [-0.3, -0.25) is 9.59 Å². The molecule has 3 atom stereocenters. The Morgan fingerprint density at radius 3 is 2.51 bits per heavy atom. The number of amides is 2. The maximum absolute atomic E-state index is 13.6. The number of benzene rings is 2. The van der Waals surface area contributed by atoms with E-state index in [9.17, 15) is 9.59 Å². The van der Waals surface area contributed by atoms with E-state index in [1.807, 2.05) is 66.4 Å². The number of fused-ring (bicyclic) bond motifs is 1. The number of methoxy groups -OCH3 is 1. The van der Waals surface area contributed by atoms with E-state index in [0.717, 1.165) is 61.2 Å². The Labute approximate surface area is 224 Å². The SMILES string of the molecule is CCCCOc1ccc(C(C)NC(=O)CN2C(=O)/C(=C/c3ccc(OC)cc3)SC3CCCCC32)cc1. The fraction of sp³-hybridized carbons (Fsp3) is 0.467. The number of unbranched alkanes of at least 4 members (excludes halogenated alkanes) is 1. The third kappa shape index (κ3) is 7.10. The van der Waals surface area contributed by atoms with Crippen LogP contribution in [0.4, 0.5) is 0 Å². The summed E-state index contributed by atoms with van der Waals surface area (Å²) in [4.78, 5) is 29.2. The van der Waals surface area contributed by atoms with E-state index in [-0.39, 0.29) is 30.4 Å². The van der Waals surface area contributed by atoms with Crippen LogP contribution in [0, 0.1) is 0 Å². The van der Waals surface area contributed by atoms with Crippen molar-refractivity contribution in [2.45, 2.75) is 69.7 Å². The van der Waals surface area contributed by atoms with Crippen molar-refractivity contribution in [2.75, 3.05) is 20.3 Å². The minimum Gasteiger partial charge on any atom is -0.497 e. The Morgan fingerprint density at radius 2 is 1.81 bits per heavy atom. The van der Waals surface area contributed by atoms with Crippen molar-refractivity contribution >= 4 is 29.7 Å². The van der Waals surface area contributed by atoms with Crippen molar-refractivity contribution in [1.29, 1.82) is 0 Å². The Hall–Kier alpha value is -2.93. The minimum atomic E-state index is -0.164. The van der Waals surface area contributed by atoms with Gasteiger partial charge in [-0.05, 0) is 67.7 Å². The van der Waals surface area contributed by atoms with Gasteiger partial charge in [0, 0.05) is 11.3 Å². The van der Waals surface area contributed by atoms with Crippen LogP contribution in [0.5, 0.6) is 11.5 Å². The topological polar surface area (TPSA) is 67.9 Å².